The Labute approximate surface area is 167 Å². The van der Waals surface area contributed by atoms with Crippen LogP contribution in [0.15, 0.2) is 48.5 Å². The summed E-state index contributed by atoms with van der Waals surface area (Å²) in [5, 5.41) is 19.8. The second-order valence-electron chi connectivity index (χ2n) is 6.39. The van der Waals surface area contributed by atoms with Gasteiger partial charge in [0.2, 0.25) is 0 Å². The summed E-state index contributed by atoms with van der Waals surface area (Å²) >= 11 is 3.54. The van der Waals surface area contributed by atoms with E-state index in [0.29, 0.717) is 11.1 Å². The highest BCUT2D eigenvalue weighted by Gasteiger charge is 2.15. The van der Waals surface area contributed by atoms with Gasteiger partial charge in [-0.3, -0.25) is 0 Å². The average molecular weight is 388 g/mol. The fourth-order valence-corrected chi connectivity index (χ4v) is 5.28. The van der Waals surface area contributed by atoms with Crippen molar-refractivity contribution in [3.8, 4) is 21.9 Å². The Morgan fingerprint density at radius 1 is 0.889 bits per heavy atom. The third-order valence-electron chi connectivity index (χ3n) is 4.61. The fourth-order valence-electron chi connectivity index (χ4n) is 3.18. The molecule has 1 fully saturated rings. The van der Waals surface area contributed by atoms with Gasteiger partial charge in [0.1, 0.15) is 0 Å². The molecular weight excluding hydrogens is 370 g/mol. The second-order valence-corrected chi connectivity index (χ2v) is 8.57. The predicted octanol–water partition coefficient (Wildman–Crippen LogP) is 6.01. The van der Waals surface area contributed by atoms with Crippen molar-refractivity contribution >= 4 is 39.3 Å². The van der Waals surface area contributed by atoms with Gasteiger partial charge in [0, 0.05) is 27.7 Å². The lowest BCUT2D eigenvalue weighted by Crippen LogP contribution is -2.15. The van der Waals surface area contributed by atoms with Crippen LogP contribution in [0.25, 0.3) is 21.4 Å². The van der Waals surface area contributed by atoms with Crippen molar-refractivity contribution in [3.63, 3.8) is 0 Å². The first-order chi connectivity index (χ1) is 13.3. The van der Waals surface area contributed by atoms with E-state index in [0.717, 1.165) is 23.5 Å². The number of nitriles is 2. The monoisotopic (exact) mass is 387 g/mol. The number of rotatable bonds is 4. The van der Waals surface area contributed by atoms with Crippen LogP contribution in [-0.2, 0) is 0 Å². The molecule has 2 aromatic heterocycles. The van der Waals surface area contributed by atoms with Gasteiger partial charge in [-0.1, -0.05) is 12.1 Å². The maximum absolute atomic E-state index is 9.53. The van der Waals surface area contributed by atoms with Crippen LogP contribution < -0.4 is 4.90 Å². The van der Waals surface area contributed by atoms with E-state index in [1.54, 1.807) is 23.5 Å². The minimum Gasteiger partial charge on any atom is -0.363 e. The molecular formula is C22H17N3S2. The minimum absolute atomic E-state index is 0.598. The molecule has 0 spiro atoms. The minimum atomic E-state index is 0.598. The van der Waals surface area contributed by atoms with Crippen LogP contribution in [0.4, 0.5) is 5.00 Å². The molecule has 1 aliphatic heterocycles. The number of nitrogens with zero attached hydrogens (tertiary/aromatic N) is 3. The summed E-state index contributed by atoms with van der Waals surface area (Å²) in [7, 11) is 0. The first-order valence-electron chi connectivity index (χ1n) is 8.84. The summed E-state index contributed by atoms with van der Waals surface area (Å²) in [6.07, 6.45) is 4.49. The molecule has 0 saturated carbocycles. The molecule has 1 saturated heterocycles. The zero-order chi connectivity index (χ0) is 18.6. The highest BCUT2D eigenvalue weighted by Crippen LogP contribution is 2.39. The summed E-state index contributed by atoms with van der Waals surface area (Å²) < 4.78 is 0. The number of thiophene rings is 2. The van der Waals surface area contributed by atoms with Crippen molar-refractivity contribution in [2.24, 2.45) is 0 Å². The van der Waals surface area contributed by atoms with Gasteiger partial charge >= 0.3 is 0 Å². The topological polar surface area (TPSA) is 50.8 Å². The highest BCUT2D eigenvalue weighted by molar-refractivity contribution is 7.24. The van der Waals surface area contributed by atoms with Gasteiger partial charge in [-0.25, -0.2) is 0 Å². The van der Waals surface area contributed by atoms with E-state index in [1.165, 1.54) is 27.6 Å². The Balaban J connectivity index is 1.57. The van der Waals surface area contributed by atoms with Crippen molar-refractivity contribution in [2.75, 3.05) is 18.0 Å². The van der Waals surface area contributed by atoms with Crippen LogP contribution in [0, 0.1) is 22.7 Å². The fraction of sp³-hybridized carbons (Fsp3) is 0.182. The molecule has 27 heavy (non-hydrogen) atoms. The molecule has 0 radical (unpaired) electrons. The van der Waals surface area contributed by atoms with E-state index >= 15 is 0 Å². The lowest BCUT2D eigenvalue weighted by Gasteiger charge is -2.13. The van der Waals surface area contributed by atoms with E-state index in [2.05, 4.69) is 41.3 Å². The number of allylic oxidation sites excluding steroid dienone is 1. The summed E-state index contributed by atoms with van der Waals surface area (Å²) in [6, 6.07) is 20.1. The first kappa shape index (κ1) is 17.5. The summed E-state index contributed by atoms with van der Waals surface area (Å²) in [6.45, 7) is 2.32. The van der Waals surface area contributed by atoms with E-state index < -0.39 is 0 Å². The van der Waals surface area contributed by atoms with E-state index in [1.807, 2.05) is 29.5 Å². The molecule has 4 rings (SSSR count). The molecule has 5 heteroatoms. The average Bonchev–Trinajstić information content (AvgIpc) is 3.47. The zero-order valence-corrected chi connectivity index (χ0v) is 16.3. The molecule has 132 valence electrons. The Morgan fingerprint density at radius 3 is 2.30 bits per heavy atom. The van der Waals surface area contributed by atoms with Crippen LogP contribution in [0.1, 0.15) is 28.8 Å². The Morgan fingerprint density at radius 2 is 1.59 bits per heavy atom. The number of hydrogen-bond acceptors (Lipinski definition) is 5. The molecule has 0 amide bonds. The number of benzene rings is 1. The Kier molecular flexibility index (Phi) is 5.07. The maximum Gasteiger partial charge on any atom is 0.0998 e. The van der Waals surface area contributed by atoms with Gasteiger partial charge in [-0.05, 0) is 60.9 Å². The quantitative estimate of drug-likeness (QED) is 0.515. The molecule has 3 aromatic rings. The molecule has 0 atom stereocenters. The van der Waals surface area contributed by atoms with Gasteiger partial charge in [-0.2, -0.15) is 10.5 Å². The maximum atomic E-state index is 9.53. The third-order valence-corrected chi connectivity index (χ3v) is 6.99. The van der Waals surface area contributed by atoms with Crippen LogP contribution in [0.3, 0.4) is 0 Å². The van der Waals surface area contributed by atoms with E-state index in [9.17, 15) is 5.26 Å². The zero-order valence-electron chi connectivity index (χ0n) is 14.7. The van der Waals surface area contributed by atoms with E-state index in [-0.39, 0.29) is 0 Å². The molecule has 0 N–H and O–H groups in total. The van der Waals surface area contributed by atoms with E-state index in [4.69, 9.17) is 5.26 Å². The van der Waals surface area contributed by atoms with Crippen molar-refractivity contribution in [1.82, 2.24) is 0 Å². The summed E-state index contributed by atoms with van der Waals surface area (Å²) in [5.41, 5.74) is 2.04. The largest absolute Gasteiger partial charge is 0.363 e. The molecule has 1 aromatic carbocycles. The second kappa shape index (κ2) is 7.80. The lowest BCUT2D eigenvalue weighted by molar-refractivity contribution is 0.949. The van der Waals surface area contributed by atoms with Gasteiger partial charge in [0.25, 0.3) is 0 Å². The highest BCUT2D eigenvalue weighted by atomic mass is 32.1. The molecule has 3 heterocycles. The normalized spacial score (nSPS) is 14.1. The Bertz CT molecular complexity index is 1050. The molecule has 1 aliphatic rings. The van der Waals surface area contributed by atoms with Crippen molar-refractivity contribution in [3.05, 3.63) is 64.5 Å². The smallest absolute Gasteiger partial charge is 0.0998 e. The molecule has 0 bridgehead atoms. The van der Waals surface area contributed by atoms with Crippen LogP contribution in [0.2, 0.25) is 0 Å². The molecule has 3 nitrogen and oxygen atoms in total. The Hall–Kier alpha value is -2.86. The van der Waals surface area contributed by atoms with Crippen molar-refractivity contribution in [2.45, 2.75) is 12.8 Å². The number of anilines is 1. The predicted molar refractivity (Wildman–Crippen MR) is 114 cm³/mol. The van der Waals surface area contributed by atoms with Gasteiger partial charge < -0.3 is 4.90 Å². The third kappa shape index (κ3) is 3.80. The van der Waals surface area contributed by atoms with Crippen LogP contribution in [0.5, 0.6) is 0 Å². The lowest BCUT2D eigenvalue weighted by atomic mass is 10.0. The van der Waals surface area contributed by atoms with Crippen molar-refractivity contribution in [1.29, 1.82) is 10.5 Å². The SMILES string of the molecule is N#C/C(=C\c1ccc(-c2ccc(N3CCCC3)s2)s1)c1ccc(C#N)cc1. The summed E-state index contributed by atoms with van der Waals surface area (Å²) in [4.78, 5) is 6.02. The van der Waals surface area contributed by atoms with Crippen LogP contribution in [-0.4, -0.2) is 13.1 Å². The van der Waals surface area contributed by atoms with Gasteiger partial charge in [0.15, 0.2) is 0 Å². The van der Waals surface area contributed by atoms with Gasteiger partial charge in [-0.15, -0.1) is 22.7 Å². The van der Waals surface area contributed by atoms with Crippen molar-refractivity contribution < 1.29 is 0 Å². The number of hydrogen-bond donors (Lipinski definition) is 0. The molecule has 0 aliphatic carbocycles. The van der Waals surface area contributed by atoms with Crippen LogP contribution >= 0.6 is 22.7 Å². The first-order valence-corrected chi connectivity index (χ1v) is 10.5. The summed E-state index contributed by atoms with van der Waals surface area (Å²) in [5.74, 6) is 0. The molecule has 0 unspecified atom stereocenters. The van der Waals surface area contributed by atoms with Gasteiger partial charge in [0.05, 0.1) is 28.3 Å². The standard InChI is InChI=1S/C22H17N3S2/c23-14-16-3-5-17(6-4-16)18(15-24)13-19-7-8-20(26-19)21-9-10-22(27-21)25-11-1-2-12-25/h3-10,13H,1-2,11-12H2/b18-13+.